The van der Waals surface area contributed by atoms with E-state index in [0.29, 0.717) is 12.6 Å². The third-order valence-corrected chi connectivity index (χ3v) is 4.10. The number of rotatable bonds is 9. The van der Waals surface area contributed by atoms with Crippen LogP contribution in [-0.2, 0) is 9.47 Å². The predicted molar refractivity (Wildman–Crippen MR) is 72.8 cm³/mol. The van der Waals surface area contributed by atoms with Crippen LogP contribution in [0, 0.1) is 5.41 Å². The first-order chi connectivity index (χ1) is 8.71. The minimum absolute atomic E-state index is 0.0592. The zero-order valence-electron chi connectivity index (χ0n) is 12.2. The van der Waals surface area contributed by atoms with E-state index in [9.17, 15) is 5.11 Å². The minimum atomic E-state index is -0.0592. The molecule has 1 atom stereocenters. The lowest BCUT2D eigenvalue weighted by molar-refractivity contribution is 0.0276. The third kappa shape index (κ3) is 4.19. The van der Waals surface area contributed by atoms with E-state index in [-0.39, 0.29) is 12.0 Å². The number of aliphatic hydroxyl groups excluding tert-OH is 1. The molecule has 1 N–H and O–H groups in total. The van der Waals surface area contributed by atoms with Crippen molar-refractivity contribution in [2.75, 3.05) is 46.6 Å². The maximum Gasteiger partial charge on any atom is 0.0589 e. The molecule has 0 amide bonds. The summed E-state index contributed by atoms with van der Waals surface area (Å²) in [7, 11) is 1.74. The first kappa shape index (κ1) is 15.9. The van der Waals surface area contributed by atoms with E-state index in [0.717, 1.165) is 45.6 Å². The first-order valence-electron chi connectivity index (χ1n) is 7.13. The van der Waals surface area contributed by atoms with Gasteiger partial charge in [-0.1, -0.05) is 13.8 Å². The molecule has 1 heterocycles. The summed E-state index contributed by atoms with van der Waals surface area (Å²) in [6.45, 7) is 8.74. The Morgan fingerprint density at radius 2 is 2.11 bits per heavy atom. The third-order valence-electron chi connectivity index (χ3n) is 4.10. The van der Waals surface area contributed by atoms with Crippen LogP contribution in [0.4, 0.5) is 0 Å². The van der Waals surface area contributed by atoms with Crippen molar-refractivity contribution in [2.24, 2.45) is 5.41 Å². The van der Waals surface area contributed by atoms with Crippen molar-refractivity contribution in [3.05, 3.63) is 0 Å². The summed E-state index contributed by atoms with van der Waals surface area (Å²) >= 11 is 0. The highest BCUT2D eigenvalue weighted by Gasteiger charge is 2.37. The second kappa shape index (κ2) is 8.10. The van der Waals surface area contributed by atoms with E-state index in [2.05, 4.69) is 18.7 Å². The van der Waals surface area contributed by atoms with Crippen molar-refractivity contribution >= 4 is 0 Å². The van der Waals surface area contributed by atoms with Gasteiger partial charge in [0.1, 0.15) is 0 Å². The summed E-state index contributed by atoms with van der Waals surface area (Å²) in [5, 5.41) is 9.68. The van der Waals surface area contributed by atoms with Crippen molar-refractivity contribution in [2.45, 2.75) is 39.2 Å². The molecule has 4 heteroatoms. The van der Waals surface area contributed by atoms with Gasteiger partial charge in [-0.05, 0) is 19.3 Å². The van der Waals surface area contributed by atoms with E-state index >= 15 is 0 Å². The molecule has 4 nitrogen and oxygen atoms in total. The van der Waals surface area contributed by atoms with Crippen molar-refractivity contribution < 1.29 is 14.6 Å². The molecular weight excluding hydrogens is 230 g/mol. The van der Waals surface area contributed by atoms with Crippen molar-refractivity contribution in [1.29, 1.82) is 0 Å². The van der Waals surface area contributed by atoms with E-state index in [1.807, 2.05) is 0 Å². The lowest BCUT2D eigenvalue weighted by atomic mass is 9.87. The summed E-state index contributed by atoms with van der Waals surface area (Å²) < 4.78 is 10.7. The van der Waals surface area contributed by atoms with Gasteiger partial charge in [0.05, 0.1) is 19.8 Å². The van der Waals surface area contributed by atoms with Crippen LogP contribution in [0.15, 0.2) is 0 Å². The van der Waals surface area contributed by atoms with E-state index in [1.54, 1.807) is 7.11 Å². The molecule has 0 saturated carbocycles. The van der Waals surface area contributed by atoms with Gasteiger partial charge >= 0.3 is 0 Å². The molecule has 1 rings (SSSR count). The molecule has 0 aromatic rings. The number of hydrogen-bond donors (Lipinski definition) is 1. The fraction of sp³-hybridized carbons (Fsp3) is 1.00. The van der Waals surface area contributed by atoms with Crippen LogP contribution in [-0.4, -0.2) is 62.7 Å². The molecule has 1 unspecified atom stereocenters. The Morgan fingerprint density at radius 3 is 2.56 bits per heavy atom. The van der Waals surface area contributed by atoms with Crippen LogP contribution in [0.2, 0.25) is 0 Å². The van der Waals surface area contributed by atoms with Crippen LogP contribution in [0.25, 0.3) is 0 Å². The fourth-order valence-corrected chi connectivity index (χ4v) is 2.78. The zero-order valence-corrected chi connectivity index (χ0v) is 12.2. The lowest BCUT2D eigenvalue weighted by Crippen LogP contribution is -2.46. The van der Waals surface area contributed by atoms with Crippen LogP contribution >= 0.6 is 0 Å². The largest absolute Gasteiger partial charge is 0.396 e. The zero-order chi connectivity index (χ0) is 13.4. The Balaban J connectivity index is 2.63. The minimum Gasteiger partial charge on any atom is -0.396 e. The molecule has 0 aromatic heterocycles. The second-order valence-corrected chi connectivity index (χ2v) is 5.39. The highest BCUT2D eigenvalue weighted by atomic mass is 16.5. The van der Waals surface area contributed by atoms with Crippen LogP contribution in [0.3, 0.4) is 0 Å². The number of ether oxygens (including phenoxy) is 2. The maximum atomic E-state index is 9.68. The van der Waals surface area contributed by atoms with Crippen molar-refractivity contribution in [1.82, 2.24) is 4.90 Å². The van der Waals surface area contributed by atoms with Gasteiger partial charge in [-0.2, -0.15) is 0 Å². The summed E-state index contributed by atoms with van der Waals surface area (Å²) in [5.41, 5.74) is -0.0592. The first-order valence-corrected chi connectivity index (χ1v) is 7.13. The molecule has 18 heavy (non-hydrogen) atoms. The van der Waals surface area contributed by atoms with Gasteiger partial charge < -0.3 is 14.6 Å². The molecule has 108 valence electrons. The van der Waals surface area contributed by atoms with Gasteiger partial charge in [0, 0.05) is 38.3 Å². The van der Waals surface area contributed by atoms with Gasteiger partial charge in [0.25, 0.3) is 0 Å². The highest BCUT2D eigenvalue weighted by Crippen LogP contribution is 2.30. The summed E-state index contributed by atoms with van der Waals surface area (Å²) in [5.74, 6) is 0. The average Bonchev–Trinajstić information content (AvgIpc) is 2.86. The predicted octanol–water partition coefficient (Wildman–Crippen LogP) is 1.52. The molecule has 1 saturated heterocycles. The van der Waals surface area contributed by atoms with Gasteiger partial charge in [-0.3, -0.25) is 4.90 Å². The smallest absolute Gasteiger partial charge is 0.0589 e. The Hall–Kier alpha value is -0.160. The van der Waals surface area contributed by atoms with Gasteiger partial charge in [-0.15, -0.1) is 0 Å². The van der Waals surface area contributed by atoms with Gasteiger partial charge in [0.15, 0.2) is 0 Å². The molecule has 0 spiro atoms. The number of nitrogens with zero attached hydrogens (tertiary/aromatic N) is 1. The van der Waals surface area contributed by atoms with E-state index in [1.165, 1.54) is 0 Å². The molecule has 0 aromatic carbocycles. The number of aliphatic hydroxyl groups is 1. The second-order valence-electron chi connectivity index (χ2n) is 5.39. The highest BCUT2D eigenvalue weighted by molar-refractivity contribution is 4.87. The van der Waals surface area contributed by atoms with Crippen molar-refractivity contribution in [3.63, 3.8) is 0 Å². The molecule has 0 aliphatic carbocycles. The average molecular weight is 259 g/mol. The SMILES string of the molecule is CCC(CC)N(CCOC)CC1(CO)CCOC1. The summed E-state index contributed by atoms with van der Waals surface area (Å²) in [6, 6.07) is 0.573. The number of methoxy groups -OCH3 is 1. The summed E-state index contributed by atoms with van der Waals surface area (Å²) in [6.07, 6.45) is 3.25. The topological polar surface area (TPSA) is 41.9 Å². The Morgan fingerprint density at radius 1 is 1.39 bits per heavy atom. The van der Waals surface area contributed by atoms with E-state index < -0.39 is 0 Å². The molecule has 1 aliphatic heterocycles. The van der Waals surface area contributed by atoms with Gasteiger partial charge in [0.2, 0.25) is 0 Å². The fourth-order valence-electron chi connectivity index (χ4n) is 2.78. The Kier molecular flexibility index (Phi) is 7.15. The van der Waals surface area contributed by atoms with Gasteiger partial charge in [-0.25, -0.2) is 0 Å². The van der Waals surface area contributed by atoms with Crippen LogP contribution in [0.1, 0.15) is 33.1 Å². The molecule has 0 radical (unpaired) electrons. The lowest BCUT2D eigenvalue weighted by Gasteiger charge is -2.37. The molecule has 1 aliphatic rings. The standard InChI is InChI=1S/C14H29NO3/c1-4-13(5-2)15(7-9-17-3)10-14(11-16)6-8-18-12-14/h13,16H,4-12H2,1-3H3. The quantitative estimate of drug-likeness (QED) is 0.682. The summed E-state index contributed by atoms with van der Waals surface area (Å²) in [4.78, 5) is 2.47. The monoisotopic (exact) mass is 259 g/mol. The maximum absolute atomic E-state index is 9.68. The number of hydrogen-bond acceptors (Lipinski definition) is 4. The Labute approximate surface area is 111 Å². The Bertz CT molecular complexity index is 213. The molecule has 0 bridgehead atoms. The van der Waals surface area contributed by atoms with Crippen molar-refractivity contribution in [3.8, 4) is 0 Å². The molecular formula is C14H29NO3. The van der Waals surface area contributed by atoms with Crippen LogP contribution < -0.4 is 0 Å². The normalized spacial score (nSPS) is 24.3. The molecule has 1 fully saturated rings. The van der Waals surface area contributed by atoms with Crippen LogP contribution in [0.5, 0.6) is 0 Å². The van der Waals surface area contributed by atoms with E-state index in [4.69, 9.17) is 9.47 Å².